The van der Waals surface area contributed by atoms with Crippen LogP contribution < -0.4 is 10.6 Å². The largest absolute Gasteiger partial charge is 0.346 e. The second-order valence-corrected chi connectivity index (χ2v) is 7.06. The zero-order chi connectivity index (χ0) is 12.6. The fourth-order valence-corrected chi connectivity index (χ4v) is 4.32. The lowest BCUT2D eigenvalue weighted by Crippen LogP contribution is -2.52. The third kappa shape index (κ3) is 2.30. The van der Waals surface area contributed by atoms with E-state index in [4.69, 9.17) is 0 Å². The fraction of sp³-hybridized carbons (Fsp3) is 0.462. The summed E-state index contributed by atoms with van der Waals surface area (Å²) in [6.45, 7) is 4.11. The highest BCUT2D eigenvalue weighted by Crippen LogP contribution is 2.30. The van der Waals surface area contributed by atoms with Gasteiger partial charge in [-0.25, -0.2) is 0 Å². The standard InChI is InChI=1S/C13H16N2OS2/c1-13(3-5-14-6-4-13)15-12(16)11-8-10-9(18-11)2-7-17-10/h2,7-8,14H,3-6H2,1H3,(H,15,16). The molecule has 0 saturated carbocycles. The normalized spacial score (nSPS) is 18.9. The van der Waals surface area contributed by atoms with Gasteiger partial charge >= 0.3 is 0 Å². The molecular weight excluding hydrogens is 264 g/mol. The summed E-state index contributed by atoms with van der Waals surface area (Å²) < 4.78 is 2.42. The van der Waals surface area contributed by atoms with Crippen molar-refractivity contribution in [2.24, 2.45) is 0 Å². The average Bonchev–Trinajstić information content (AvgIpc) is 2.89. The maximum atomic E-state index is 12.3. The molecule has 3 heterocycles. The Labute approximate surface area is 114 Å². The summed E-state index contributed by atoms with van der Waals surface area (Å²) >= 11 is 3.27. The third-order valence-electron chi connectivity index (χ3n) is 3.49. The number of amides is 1. The van der Waals surface area contributed by atoms with Crippen molar-refractivity contribution < 1.29 is 4.79 Å². The van der Waals surface area contributed by atoms with Crippen molar-refractivity contribution in [3.8, 4) is 0 Å². The van der Waals surface area contributed by atoms with E-state index in [0.29, 0.717) is 0 Å². The van der Waals surface area contributed by atoms with Crippen molar-refractivity contribution in [2.75, 3.05) is 13.1 Å². The first-order valence-corrected chi connectivity index (χ1v) is 7.86. The first kappa shape index (κ1) is 12.1. The van der Waals surface area contributed by atoms with Crippen LogP contribution in [0.3, 0.4) is 0 Å². The Morgan fingerprint density at radius 1 is 1.39 bits per heavy atom. The molecule has 1 saturated heterocycles. The smallest absolute Gasteiger partial charge is 0.261 e. The number of hydrogen-bond donors (Lipinski definition) is 2. The molecule has 1 amide bonds. The first-order chi connectivity index (χ1) is 8.66. The molecule has 2 aromatic rings. The number of nitrogens with one attached hydrogen (secondary N) is 2. The number of carbonyl (C=O) groups excluding carboxylic acids is 1. The van der Waals surface area contributed by atoms with E-state index in [0.717, 1.165) is 30.8 Å². The summed E-state index contributed by atoms with van der Waals surface area (Å²) in [7, 11) is 0. The Kier molecular flexibility index (Phi) is 3.13. The Morgan fingerprint density at radius 3 is 2.89 bits per heavy atom. The van der Waals surface area contributed by atoms with Crippen LogP contribution >= 0.6 is 22.7 Å². The number of hydrogen-bond acceptors (Lipinski definition) is 4. The van der Waals surface area contributed by atoms with E-state index in [2.05, 4.69) is 29.0 Å². The molecule has 0 bridgehead atoms. The molecule has 3 rings (SSSR count). The molecule has 1 aliphatic heterocycles. The molecule has 0 radical (unpaired) electrons. The molecule has 0 unspecified atom stereocenters. The van der Waals surface area contributed by atoms with Crippen LogP contribution in [0.25, 0.3) is 9.40 Å². The Morgan fingerprint density at radius 2 is 2.17 bits per heavy atom. The van der Waals surface area contributed by atoms with Crippen molar-refractivity contribution >= 4 is 38.0 Å². The van der Waals surface area contributed by atoms with Gasteiger partial charge in [-0.05, 0) is 50.4 Å². The number of fused-ring (bicyclic) bond motifs is 1. The highest BCUT2D eigenvalue weighted by atomic mass is 32.1. The second-order valence-electron chi connectivity index (χ2n) is 5.02. The summed E-state index contributed by atoms with van der Waals surface area (Å²) in [5.41, 5.74) is -0.0558. The van der Waals surface area contributed by atoms with E-state index < -0.39 is 0 Å². The summed E-state index contributed by atoms with van der Waals surface area (Å²) in [6, 6.07) is 4.08. The Hall–Kier alpha value is -0.910. The lowest BCUT2D eigenvalue weighted by atomic mass is 9.90. The van der Waals surface area contributed by atoms with Crippen molar-refractivity contribution in [1.82, 2.24) is 10.6 Å². The van der Waals surface area contributed by atoms with E-state index in [1.165, 1.54) is 9.40 Å². The molecule has 96 valence electrons. The maximum absolute atomic E-state index is 12.3. The average molecular weight is 280 g/mol. The summed E-state index contributed by atoms with van der Waals surface area (Å²) in [6.07, 6.45) is 2.00. The molecule has 18 heavy (non-hydrogen) atoms. The van der Waals surface area contributed by atoms with Crippen LogP contribution in [0.4, 0.5) is 0 Å². The molecule has 3 nitrogen and oxygen atoms in total. The van der Waals surface area contributed by atoms with Gasteiger partial charge < -0.3 is 10.6 Å². The summed E-state index contributed by atoms with van der Waals surface area (Å²) in [5.74, 6) is 0.0767. The Bertz CT molecular complexity index is 538. The molecule has 0 aromatic carbocycles. The summed E-state index contributed by atoms with van der Waals surface area (Å²) in [5, 5.41) is 8.59. The van der Waals surface area contributed by atoms with Gasteiger partial charge in [-0.15, -0.1) is 22.7 Å². The van der Waals surface area contributed by atoms with Crippen LogP contribution in [0.15, 0.2) is 17.5 Å². The Balaban J connectivity index is 1.76. The number of thiophene rings is 2. The number of carbonyl (C=O) groups is 1. The minimum Gasteiger partial charge on any atom is -0.346 e. The van der Waals surface area contributed by atoms with Crippen molar-refractivity contribution in [3.63, 3.8) is 0 Å². The molecule has 1 fully saturated rings. The van der Waals surface area contributed by atoms with Gasteiger partial charge in [0.1, 0.15) is 0 Å². The molecule has 1 aliphatic rings. The fourth-order valence-electron chi connectivity index (χ4n) is 2.32. The van der Waals surface area contributed by atoms with Crippen molar-refractivity contribution in [1.29, 1.82) is 0 Å². The van der Waals surface area contributed by atoms with E-state index in [1.807, 2.05) is 6.07 Å². The molecule has 0 spiro atoms. The second kappa shape index (κ2) is 4.64. The van der Waals surface area contributed by atoms with Gasteiger partial charge in [0.2, 0.25) is 0 Å². The van der Waals surface area contributed by atoms with Crippen molar-refractivity contribution in [2.45, 2.75) is 25.3 Å². The number of rotatable bonds is 2. The van der Waals surface area contributed by atoms with Gasteiger partial charge in [-0.2, -0.15) is 0 Å². The summed E-state index contributed by atoms with van der Waals surface area (Å²) in [4.78, 5) is 13.1. The van der Waals surface area contributed by atoms with E-state index in [-0.39, 0.29) is 11.4 Å². The van der Waals surface area contributed by atoms with E-state index >= 15 is 0 Å². The van der Waals surface area contributed by atoms with Crippen LogP contribution in [-0.4, -0.2) is 24.5 Å². The lowest BCUT2D eigenvalue weighted by molar-refractivity contribution is 0.0892. The predicted octanol–water partition coefficient (Wildman–Crippen LogP) is 2.83. The van der Waals surface area contributed by atoms with Crippen LogP contribution in [-0.2, 0) is 0 Å². The highest BCUT2D eigenvalue weighted by molar-refractivity contribution is 7.27. The van der Waals surface area contributed by atoms with Gasteiger partial charge in [0.25, 0.3) is 5.91 Å². The van der Waals surface area contributed by atoms with Crippen molar-refractivity contribution in [3.05, 3.63) is 22.4 Å². The van der Waals surface area contributed by atoms with Gasteiger partial charge in [0.15, 0.2) is 0 Å². The van der Waals surface area contributed by atoms with Gasteiger partial charge in [-0.3, -0.25) is 4.79 Å². The molecule has 0 aliphatic carbocycles. The molecule has 2 N–H and O–H groups in total. The highest BCUT2D eigenvalue weighted by Gasteiger charge is 2.29. The molecule has 5 heteroatoms. The van der Waals surface area contributed by atoms with Crippen LogP contribution in [0.2, 0.25) is 0 Å². The van der Waals surface area contributed by atoms with Gasteiger partial charge in [-0.1, -0.05) is 0 Å². The topological polar surface area (TPSA) is 41.1 Å². The molecule has 0 atom stereocenters. The predicted molar refractivity (Wildman–Crippen MR) is 77.7 cm³/mol. The van der Waals surface area contributed by atoms with Crippen LogP contribution in [0.1, 0.15) is 29.4 Å². The van der Waals surface area contributed by atoms with Crippen LogP contribution in [0, 0.1) is 0 Å². The quantitative estimate of drug-likeness (QED) is 0.888. The third-order valence-corrected chi connectivity index (χ3v) is 5.58. The minimum atomic E-state index is -0.0558. The lowest BCUT2D eigenvalue weighted by Gasteiger charge is -2.34. The monoisotopic (exact) mass is 280 g/mol. The van der Waals surface area contributed by atoms with E-state index in [1.54, 1.807) is 22.7 Å². The van der Waals surface area contributed by atoms with E-state index in [9.17, 15) is 4.79 Å². The zero-order valence-corrected chi connectivity index (χ0v) is 11.9. The zero-order valence-electron chi connectivity index (χ0n) is 10.3. The number of piperidine rings is 1. The first-order valence-electron chi connectivity index (χ1n) is 6.17. The minimum absolute atomic E-state index is 0.0558. The van der Waals surface area contributed by atoms with Crippen LogP contribution in [0.5, 0.6) is 0 Å². The van der Waals surface area contributed by atoms with Gasteiger partial charge in [0, 0.05) is 14.9 Å². The maximum Gasteiger partial charge on any atom is 0.261 e. The molecule has 2 aromatic heterocycles. The SMILES string of the molecule is CC1(NC(=O)c2cc3sccc3s2)CCNCC1. The molecular formula is C13H16N2OS2. The van der Waals surface area contributed by atoms with Gasteiger partial charge in [0.05, 0.1) is 4.88 Å².